The second kappa shape index (κ2) is 8.92. The van der Waals surface area contributed by atoms with E-state index in [9.17, 15) is 5.11 Å². The third kappa shape index (κ3) is 4.90. The Kier molecular flexibility index (Phi) is 6.36. The van der Waals surface area contributed by atoms with Crippen LogP contribution < -0.4 is 14.2 Å². The van der Waals surface area contributed by atoms with E-state index in [1.165, 1.54) is 0 Å². The summed E-state index contributed by atoms with van der Waals surface area (Å²) in [6.45, 7) is 4.47. The monoisotopic (exact) mass is 357 g/mol. The lowest BCUT2D eigenvalue weighted by molar-refractivity contribution is 0.0970. The van der Waals surface area contributed by atoms with Gasteiger partial charge in [-0.2, -0.15) is 0 Å². The number of aliphatic hydroxyl groups excluding tert-OH is 1. The van der Waals surface area contributed by atoms with Crippen molar-refractivity contribution in [3.8, 4) is 17.2 Å². The third-order valence-electron chi connectivity index (χ3n) is 4.47. The lowest BCUT2D eigenvalue weighted by atomic mass is 10.1. The molecule has 0 spiro atoms. The largest absolute Gasteiger partial charge is 0.497 e. The second-order valence-electron chi connectivity index (χ2n) is 6.65. The first-order valence-corrected chi connectivity index (χ1v) is 9.09. The Balaban J connectivity index is 1.73. The van der Waals surface area contributed by atoms with Crippen molar-refractivity contribution in [1.29, 1.82) is 0 Å². The van der Waals surface area contributed by atoms with Crippen LogP contribution in [0.2, 0.25) is 0 Å². The second-order valence-corrected chi connectivity index (χ2v) is 6.65. The Morgan fingerprint density at radius 1 is 1.08 bits per heavy atom. The molecule has 26 heavy (non-hydrogen) atoms. The molecule has 0 aliphatic carbocycles. The molecule has 0 aromatic heterocycles. The minimum Gasteiger partial charge on any atom is -0.497 e. The molecule has 0 saturated heterocycles. The van der Waals surface area contributed by atoms with E-state index in [1.54, 1.807) is 7.11 Å². The molecule has 0 bridgehead atoms. The van der Waals surface area contributed by atoms with Gasteiger partial charge in [0.1, 0.15) is 5.75 Å². The Hall–Kier alpha value is -2.24. The molecule has 0 radical (unpaired) electrons. The molecule has 0 unspecified atom stereocenters. The number of methoxy groups -OCH3 is 1. The number of fused-ring (bicyclic) bond motifs is 1. The normalized spacial score (nSPS) is 13.8. The number of rotatable bonds is 9. The zero-order chi connectivity index (χ0) is 18.4. The number of hydrogen-bond acceptors (Lipinski definition) is 5. The van der Waals surface area contributed by atoms with E-state index in [0.29, 0.717) is 6.54 Å². The first-order chi connectivity index (χ1) is 12.7. The van der Waals surface area contributed by atoms with Gasteiger partial charge in [-0.1, -0.05) is 31.5 Å². The molecular formula is C21H27NO4. The van der Waals surface area contributed by atoms with E-state index in [0.717, 1.165) is 54.3 Å². The highest BCUT2D eigenvalue weighted by Crippen LogP contribution is 2.33. The van der Waals surface area contributed by atoms with Gasteiger partial charge in [0.05, 0.1) is 13.2 Å². The summed E-state index contributed by atoms with van der Waals surface area (Å²) in [6, 6.07) is 14.1. The molecule has 5 nitrogen and oxygen atoms in total. The van der Waals surface area contributed by atoms with E-state index < -0.39 is 0 Å². The fraction of sp³-hybridized carbons (Fsp3) is 0.429. The third-order valence-corrected chi connectivity index (χ3v) is 4.47. The van der Waals surface area contributed by atoms with Gasteiger partial charge in [-0.15, -0.1) is 0 Å². The predicted molar refractivity (Wildman–Crippen MR) is 101 cm³/mol. The van der Waals surface area contributed by atoms with Gasteiger partial charge >= 0.3 is 0 Å². The topological polar surface area (TPSA) is 51.2 Å². The summed E-state index contributed by atoms with van der Waals surface area (Å²) in [5.41, 5.74) is 2.30. The van der Waals surface area contributed by atoms with Crippen LogP contribution in [0, 0.1) is 0 Å². The number of aliphatic hydroxyl groups is 1. The van der Waals surface area contributed by atoms with Crippen molar-refractivity contribution in [2.45, 2.75) is 39.0 Å². The maximum Gasteiger partial charge on any atom is 0.231 e. The summed E-state index contributed by atoms with van der Waals surface area (Å²) < 4.78 is 16.2. The molecule has 1 N–H and O–H groups in total. The van der Waals surface area contributed by atoms with Gasteiger partial charge in [0.2, 0.25) is 6.79 Å². The first-order valence-electron chi connectivity index (χ1n) is 9.09. The fourth-order valence-corrected chi connectivity index (χ4v) is 3.23. The van der Waals surface area contributed by atoms with Gasteiger partial charge in [0.25, 0.3) is 0 Å². The maximum atomic E-state index is 10.3. The highest BCUT2D eigenvalue weighted by Gasteiger charge is 2.17. The molecule has 140 valence electrons. The molecule has 5 heteroatoms. The molecule has 1 aliphatic rings. The minimum atomic E-state index is -0.334. The van der Waals surface area contributed by atoms with E-state index in [2.05, 4.69) is 24.0 Å². The molecule has 3 rings (SSSR count). The van der Waals surface area contributed by atoms with Crippen LogP contribution in [0.15, 0.2) is 42.5 Å². The SMILES string of the molecule is CCC[C@H](O)CN(Cc1cccc(OC)c1)Cc1ccc2c(c1)OCO2. The van der Waals surface area contributed by atoms with E-state index in [4.69, 9.17) is 14.2 Å². The summed E-state index contributed by atoms with van der Waals surface area (Å²) in [4.78, 5) is 2.26. The minimum absolute atomic E-state index is 0.279. The van der Waals surface area contributed by atoms with E-state index in [-0.39, 0.29) is 12.9 Å². The van der Waals surface area contributed by atoms with Crippen molar-refractivity contribution in [3.05, 3.63) is 53.6 Å². The van der Waals surface area contributed by atoms with Crippen LogP contribution in [0.1, 0.15) is 30.9 Å². The fourth-order valence-electron chi connectivity index (χ4n) is 3.23. The Morgan fingerprint density at radius 2 is 1.85 bits per heavy atom. The van der Waals surface area contributed by atoms with Crippen LogP contribution in [-0.4, -0.2) is 36.6 Å². The van der Waals surface area contributed by atoms with Gasteiger partial charge < -0.3 is 19.3 Å². The predicted octanol–water partition coefficient (Wildman–Crippen LogP) is 3.59. The van der Waals surface area contributed by atoms with Gasteiger partial charge in [0.15, 0.2) is 11.5 Å². The Bertz CT molecular complexity index is 719. The van der Waals surface area contributed by atoms with Crippen LogP contribution in [0.3, 0.4) is 0 Å². The number of ether oxygens (including phenoxy) is 3. The van der Waals surface area contributed by atoms with Crippen LogP contribution >= 0.6 is 0 Å². The summed E-state index contributed by atoms with van der Waals surface area (Å²) >= 11 is 0. The number of hydrogen-bond donors (Lipinski definition) is 1. The van der Waals surface area contributed by atoms with Gasteiger partial charge in [-0.3, -0.25) is 4.90 Å². The molecule has 1 aliphatic heterocycles. The molecule has 1 heterocycles. The molecule has 1 atom stereocenters. The van der Waals surface area contributed by atoms with Gasteiger partial charge in [-0.25, -0.2) is 0 Å². The zero-order valence-electron chi connectivity index (χ0n) is 15.5. The lowest BCUT2D eigenvalue weighted by Gasteiger charge is -2.25. The highest BCUT2D eigenvalue weighted by atomic mass is 16.7. The average molecular weight is 357 g/mol. The standard InChI is InChI=1S/C21H27NO4/c1-3-5-18(23)14-22(12-16-6-4-7-19(10-16)24-2)13-17-8-9-20-21(11-17)26-15-25-20/h4,6-11,18,23H,3,5,12-15H2,1-2H3/t18-/m0/s1. The summed E-state index contributed by atoms with van der Waals surface area (Å²) in [6.07, 6.45) is 1.44. The Morgan fingerprint density at radius 3 is 2.62 bits per heavy atom. The zero-order valence-corrected chi connectivity index (χ0v) is 15.5. The molecule has 0 amide bonds. The van der Waals surface area contributed by atoms with Crippen molar-refractivity contribution in [2.75, 3.05) is 20.4 Å². The molecule has 0 fully saturated rings. The first kappa shape index (κ1) is 18.5. The van der Waals surface area contributed by atoms with Crippen molar-refractivity contribution in [1.82, 2.24) is 4.90 Å². The van der Waals surface area contributed by atoms with Gasteiger partial charge in [0, 0.05) is 19.6 Å². The lowest BCUT2D eigenvalue weighted by Crippen LogP contribution is -2.31. The molecule has 0 saturated carbocycles. The highest BCUT2D eigenvalue weighted by molar-refractivity contribution is 5.44. The molecular weight excluding hydrogens is 330 g/mol. The van der Waals surface area contributed by atoms with Crippen LogP contribution in [0.4, 0.5) is 0 Å². The van der Waals surface area contributed by atoms with Crippen LogP contribution in [0.25, 0.3) is 0 Å². The molecule has 2 aromatic carbocycles. The molecule has 2 aromatic rings. The summed E-state index contributed by atoms with van der Waals surface area (Å²) in [5, 5.41) is 10.3. The van der Waals surface area contributed by atoms with Crippen molar-refractivity contribution in [3.63, 3.8) is 0 Å². The Labute approximate surface area is 155 Å². The van der Waals surface area contributed by atoms with Crippen LogP contribution in [0.5, 0.6) is 17.2 Å². The van der Waals surface area contributed by atoms with Crippen molar-refractivity contribution in [2.24, 2.45) is 0 Å². The van der Waals surface area contributed by atoms with Crippen molar-refractivity contribution >= 4 is 0 Å². The number of nitrogens with zero attached hydrogens (tertiary/aromatic N) is 1. The number of benzene rings is 2. The summed E-state index contributed by atoms with van der Waals surface area (Å²) in [5.74, 6) is 2.43. The smallest absolute Gasteiger partial charge is 0.231 e. The van der Waals surface area contributed by atoms with Gasteiger partial charge in [-0.05, 0) is 41.8 Å². The van der Waals surface area contributed by atoms with E-state index >= 15 is 0 Å². The van der Waals surface area contributed by atoms with E-state index in [1.807, 2.05) is 30.3 Å². The summed E-state index contributed by atoms with van der Waals surface area (Å²) in [7, 11) is 1.68. The van der Waals surface area contributed by atoms with Crippen molar-refractivity contribution < 1.29 is 19.3 Å². The average Bonchev–Trinajstić information content (AvgIpc) is 3.09. The quantitative estimate of drug-likeness (QED) is 0.743. The van der Waals surface area contributed by atoms with Crippen LogP contribution in [-0.2, 0) is 13.1 Å². The maximum absolute atomic E-state index is 10.3.